The summed E-state index contributed by atoms with van der Waals surface area (Å²) < 4.78 is 59.8. The second-order valence-corrected chi connectivity index (χ2v) is 7.37. The topological polar surface area (TPSA) is 75.7 Å². The summed E-state index contributed by atoms with van der Waals surface area (Å²) >= 11 is 0. The van der Waals surface area contributed by atoms with E-state index in [1.165, 1.54) is 30.2 Å². The molecule has 0 spiro atoms. The number of anilines is 2. The van der Waals surface area contributed by atoms with Gasteiger partial charge in [-0.25, -0.2) is 17.2 Å². The summed E-state index contributed by atoms with van der Waals surface area (Å²) in [6.45, 7) is 0.439. The van der Waals surface area contributed by atoms with Crippen molar-refractivity contribution < 1.29 is 26.7 Å². The lowest BCUT2D eigenvalue weighted by Gasteiger charge is -2.20. The summed E-state index contributed by atoms with van der Waals surface area (Å²) in [5, 5.41) is 0. The number of amides is 1. The van der Waals surface area contributed by atoms with Gasteiger partial charge in [-0.05, 0) is 36.8 Å². The number of benzene rings is 2. The summed E-state index contributed by atoms with van der Waals surface area (Å²) in [6.07, 6.45) is 1.01. The lowest BCUT2D eigenvalue weighted by Crippen LogP contribution is -2.25. The Hall–Kier alpha value is -2.68. The highest BCUT2D eigenvalue weighted by Crippen LogP contribution is 2.34. The Balaban J connectivity index is 2.01. The number of para-hydroxylation sites is 1. The van der Waals surface area contributed by atoms with Gasteiger partial charge >= 0.3 is 0 Å². The quantitative estimate of drug-likeness (QED) is 0.863. The molecule has 0 radical (unpaired) electrons. The van der Waals surface area contributed by atoms with Crippen LogP contribution in [0.1, 0.15) is 12.8 Å². The van der Waals surface area contributed by atoms with Gasteiger partial charge in [0.25, 0.3) is 10.0 Å². The molecule has 6 nitrogen and oxygen atoms in total. The van der Waals surface area contributed by atoms with Crippen LogP contribution >= 0.6 is 0 Å². The predicted octanol–water partition coefficient (Wildman–Crippen LogP) is 2.90. The number of sulfonamides is 1. The lowest BCUT2D eigenvalue weighted by molar-refractivity contribution is -0.117. The molecule has 0 aromatic heterocycles. The van der Waals surface area contributed by atoms with Crippen LogP contribution in [0.4, 0.5) is 20.2 Å². The van der Waals surface area contributed by atoms with E-state index < -0.39 is 27.3 Å². The average molecular weight is 382 g/mol. The Morgan fingerprint density at radius 2 is 1.85 bits per heavy atom. The largest absolute Gasteiger partial charge is 0.495 e. The third kappa shape index (κ3) is 3.34. The van der Waals surface area contributed by atoms with Gasteiger partial charge in [0.1, 0.15) is 23.1 Å². The van der Waals surface area contributed by atoms with Gasteiger partial charge in [0.2, 0.25) is 5.91 Å². The summed E-state index contributed by atoms with van der Waals surface area (Å²) in [7, 11) is -2.87. The van der Waals surface area contributed by atoms with Crippen molar-refractivity contribution in [1.82, 2.24) is 0 Å². The molecule has 0 unspecified atom stereocenters. The molecule has 1 aliphatic heterocycles. The Kier molecular flexibility index (Phi) is 4.82. The number of methoxy groups -OCH3 is 1. The van der Waals surface area contributed by atoms with Crippen molar-refractivity contribution in [2.24, 2.45) is 0 Å². The van der Waals surface area contributed by atoms with Crippen molar-refractivity contribution in [1.29, 1.82) is 0 Å². The minimum absolute atomic E-state index is 0.147. The van der Waals surface area contributed by atoms with Gasteiger partial charge in [-0.15, -0.1) is 0 Å². The van der Waals surface area contributed by atoms with Crippen molar-refractivity contribution >= 4 is 27.3 Å². The van der Waals surface area contributed by atoms with Crippen LogP contribution in [0.3, 0.4) is 0 Å². The number of carbonyl (C=O) groups is 1. The monoisotopic (exact) mass is 382 g/mol. The molecular formula is C17H16F2N2O4S. The molecule has 1 fully saturated rings. The summed E-state index contributed by atoms with van der Waals surface area (Å²) in [5.41, 5.74) is -0.464. The number of hydrogen-bond acceptors (Lipinski definition) is 4. The van der Waals surface area contributed by atoms with Crippen molar-refractivity contribution in [3.8, 4) is 5.75 Å². The number of rotatable bonds is 5. The van der Waals surface area contributed by atoms with Gasteiger partial charge in [-0.2, -0.15) is 0 Å². The number of nitrogens with one attached hydrogen (secondary N) is 1. The van der Waals surface area contributed by atoms with E-state index in [4.69, 9.17) is 4.74 Å². The fourth-order valence-corrected chi connectivity index (χ4v) is 3.83. The van der Waals surface area contributed by atoms with Gasteiger partial charge in [0.15, 0.2) is 0 Å². The smallest absolute Gasteiger partial charge is 0.262 e. The van der Waals surface area contributed by atoms with Gasteiger partial charge < -0.3 is 9.64 Å². The van der Waals surface area contributed by atoms with Crippen LogP contribution in [0.2, 0.25) is 0 Å². The predicted molar refractivity (Wildman–Crippen MR) is 91.7 cm³/mol. The fourth-order valence-electron chi connectivity index (χ4n) is 2.74. The number of ether oxygens (including phenoxy) is 1. The van der Waals surface area contributed by atoms with E-state index in [9.17, 15) is 22.0 Å². The Morgan fingerprint density at radius 1 is 1.15 bits per heavy atom. The number of hydrogen-bond donors (Lipinski definition) is 1. The SMILES string of the molecule is COc1ccc(S(=O)(=O)Nc2c(F)cccc2F)cc1N1CCCC1=O. The van der Waals surface area contributed by atoms with Crippen LogP contribution in [0.15, 0.2) is 41.3 Å². The molecule has 26 heavy (non-hydrogen) atoms. The molecule has 3 rings (SSSR count). The number of nitrogens with zero attached hydrogens (tertiary/aromatic N) is 1. The first kappa shape index (κ1) is 18.1. The van der Waals surface area contributed by atoms with Crippen LogP contribution in [0.25, 0.3) is 0 Å². The van der Waals surface area contributed by atoms with Gasteiger partial charge in [0, 0.05) is 13.0 Å². The van der Waals surface area contributed by atoms with Crippen molar-refractivity contribution in [2.45, 2.75) is 17.7 Å². The maximum Gasteiger partial charge on any atom is 0.262 e. The molecule has 1 N–H and O–H groups in total. The van der Waals surface area contributed by atoms with Crippen molar-refractivity contribution in [3.63, 3.8) is 0 Å². The highest BCUT2D eigenvalue weighted by molar-refractivity contribution is 7.92. The van der Waals surface area contributed by atoms with E-state index in [0.29, 0.717) is 30.8 Å². The van der Waals surface area contributed by atoms with E-state index >= 15 is 0 Å². The minimum atomic E-state index is -4.28. The van der Waals surface area contributed by atoms with E-state index in [-0.39, 0.29) is 10.8 Å². The molecule has 1 amide bonds. The molecule has 1 aliphatic rings. The van der Waals surface area contributed by atoms with Gasteiger partial charge in [-0.3, -0.25) is 9.52 Å². The third-order valence-corrected chi connectivity index (χ3v) is 5.37. The summed E-state index contributed by atoms with van der Waals surface area (Å²) in [4.78, 5) is 13.2. The first-order chi connectivity index (χ1) is 12.3. The highest BCUT2D eigenvalue weighted by atomic mass is 32.2. The van der Waals surface area contributed by atoms with E-state index in [1.54, 1.807) is 0 Å². The molecule has 0 saturated carbocycles. The lowest BCUT2D eigenvalue weighted by atomic mass is 10.2. The molecule has 0 aliphatic carbocycles. The number of carbonyl (C=O) groups excluding carboxylic acids is 1. The zero-order valence-corrected chi connectivity index (χ0v) is 14.6. The summed E-state index contributed by atoms with van der Waals surface area (Å²) in [6, 6.07) is 6.92. The first-order valence-electron chi connectivity index (χ1n) is 7.79. The normalized spacial score (nSPS) is 14.6. The van der Waals surface area contributed by atoms with Crippen LogP contribution in [-0.2, 0) is 14.8 Å². The molecule has 2 aromatic carbocycles. The maximum atomic E-state index is 13.8. The molecule has 1 saturated heterocycles. The molecule has 138 valence electrons. The standard InChI is InChI=1S/C17H16F2N2O4S/c1-25-15-8-7-11(10-14(15)21-9-3-6-16(21)22)26(23,24)20-17-12(18)4-2-5-13(17)19/h2,4-5,7-8,10,20H,3,6,9H2,1H3. The second kappa shape index (κ2) is 6.91. The first-order valence-corrected chi connectivity index (χ1v) is 9.27. The molecule has 1 heterocycles. The molecule has 0 atom stereocenters. The van der Waals surface area contributed by atoms with Crippen LogP contribution in [-0.4, -0.2) is 28.0 Å². The van der Waals surface area contributed by atoms with Crippen LogP contribution in [0.5, 0.6) is 5.75 Å². The average Bonchev–Trinajstić information content (AvgIpc) is 3.03. The van der Waals surface area contributed by atoms with Gasteiger partial charge in [-0.1, -0.05) is 6.07 Å². The molecular weight excluding hydrogens is 366 g/mol. The number of halogens is 2. The second-order valence-electron chi connectivity index (χ2n) is 5.68. The zero-order chi connectivity index (χ0) is 18.9. The van der Waals surface area contributed by atoms with Gasteiger partial charge in [0.05, 0.1) is 17.7 Å². The fraction of sp³-hybridized carbons (Fsp3) is 0.235. The summed E-state index contributed by atoms with van der Waals surface area (Å²) in [5.74, 6) is -1.88. The minimum Gasteiger partial charge on any atom is -0.495 e. The van der Waals surface area contributed by atoms with Crippen molar-refractivity contribution in [3.05, 3.63) is 48.0 Å². The molecule has 9 heteroatoms. The Labute approximate surface area is 149 Å². The third-order valence-electron chi connectivity index (χ3n) is 4.02. The van der Waals surface area contributed by atoms with E-state index in [1.807, 2.05) is 4.72 Å². The van der Waals surface area contributed by atoms with Crippen LogP contribution in [0, 0.1) is 11.6 Å². The Bertz CT molecular complexity index is 943. The Morgan fingerprint density at radius 3 is 2.42 bits per heavy atom. The zero-order valence-electron chi connectivity index (χ0n) is 13.8. The van der Waals surface area contributed by atoms with Crippen LogP contribution < -0.4 is 14.4 Å². The molecule has 0 bridgehead atoms. The highest BCUT2D eigenvalue weighted by Gasteiger charge is 2.27. The van der Waals surface area contributed by atoms with E-state index in [0.717, 1.165) is 18.2 Å². The maximum absolute atomic E-state index is 13.8. The van der Waals surface area contributed by atoms with Crippen molar-refractivity contribution in [2.75, 3.05) is 23.3 Å². The van der Waals surface area contributed by atoms with E-state index in [2.05, 4.69) is 0 Å². The molecule has 2 aromatic rings.